The smallest absolute Gasteiger partial charge is 0.174 e. The van der Waals surface area contributed by atoms with Crippen LogP contribution < -0.4 is 15.0 Å². The van der Waals surface area contributed by atoms with Crippen molar-refractivity contribution in [2.24, 2.45) is 0 Å². The molecule has 0 spiro atoms. The molecule has 0 fully saturated rings. The fourth-order valence-electron chi connectivity index (χ4n) is 1.69. The van der Waals surface area contributed by atoms with Gasteiger partial charge >= 0.3 is 0 Å². The first-order chi connectivity index (χ1) is 9.19. The monoisotopic (exact) mass is 261 g/mol. The molecule has 2 aromatic rings. The van der Waals surface area contributed by atoms with E-state index in [0.717, 1.165) is 22.9 Å². The second kappa shape index (κ2) is 6.24. The molecule has 5 nitrogen and oxygen atoms in total. The second-order valence-electron chi connectivity index (χ2n) is 4.50. The van der Waals surface area contributed by atoms with Crippen LogP contribution in [0, 0.1) is 0 Å². The first-order valence-corrected chi connectivity index (χ1v) is 6.18. The average Bonchev–Trinajstić information content (AvgIpc) is 2.85. The summed E-state index contributed by atoms with van der Waals surface area (Å²) in [5.74, 6) is 1.54. The van der Waals surface area contributed by atoms with Gasteiger partial charge in [-0.15, -0.1) is 0 Å². The third-order valence-electron chi connectivity index (χ3n) is 2.68. The van der Waals surface area contributed by atoms with E-state index in [0.29, 0.717) is 13.2 Å². The highest BCUT2D eigenvalue weighted by Gasteiger charge is 2.05. The Bertz CT molecular complexity index is 523. The molecular weight excluding hydrogens is 242 g/mol. The van der Waals surface area contributed by atoms with Crippen molar-refractivity contribution in [1.82, 2.24) is 10.5 Å². The zero-order chi connectivity index (χ0) is 13.7. The van der Waals surface area contributed by atoms with Gasteiger partial charge in [0.05, 0.1) is 5.69 Å². The number of nitrogens with one attached hydrogen (secondary N) is 1. The standard InChI is InChI=1S/C14H19N3O2/c1-15-9-11-7-14(19-16-11)10-18-13-6-4-5-12(8-13)17(2)3/h4-8,15H,9-10H2,1-3H3. The summed E-state index contributed by atoms with van der Waals surface area (Å²) in [6, 6.07) is 9.82. The number of aromatic nitrogens is 1. The number of nitrogens with zero attached hydrogens (tertiary/aromatic N) is 2. The van der Waals surface area contributed by atoms with E-state index < -0.39 is 0 Å². The Morgan fingerprint density at radius 1 is 1.32 bits per heavy atom. The molecule has 102 valence electrons. The molecule has 0 amide bonds. The Kier molecular flexibility index (Phi) is 4.41. The van der Waals surface area contributed by atoms with Crippen LogP contribution in [0.1, 0.15) is 11.5 Å². The van der Waals surface area contributed by atoms with Crippen LogP contribution in [0.2, 0.25) is 0 Å². The lowest BCUT2D eigenvalue weighted by molar-refractivity contribution is 0.248. The minimum Gasteiger partial charge on any atom is -0.485 e. The Morgan fingerprint density at radius 3 is 2.89 bits per heavy atom. The minimum absolute atomic E-state index is 0.383. The summed E-state index contributed by atoms with van der Waals surface area (Å²) in [7, 11) is 5.87. The van der Waals surface area contributed by atoms with E-state index in [9.17, 15) is 0 Å². The maximum absolute atomic E-state index is 5.69. The van der Waals surface area contributed by atoms with Crippen LogP contribution >= 0.6 is 0 Å². The molecule has 2 rings (SSSR count). The van der Waals surface area contributed by atoms with Gasteiger partial charge in [0.15, 0.2) is 5.76 Å². The van der Waals surface area contributed by atoms with Gasteiger partial charge in [-0.05, 0) is 19.2 Å². The number of rotatable bonds is 6. The average molecular weight is 261 g/mol. The van der Waals surface area contributed by atoms with E-state index >= 15 is 0 Å². The summed E-state index contributed by atoms with van der Waals surface area (Å²) in [5.41, 5.74) is 1.98. The molecule has 1 aromatic heterocycles. The van der Waals surface area contributed by atoms with Crippen LogP contribution in [0.4, 0.5) is 5.69 Å². The zero-order valence-electron chi connectivity index (χ0n) is 11.5. The van der Waals surface area contributed by atoms with Crippen molar-refractivity contribution < 1.29 is 9.26 Å². The minimum atomic E-state index is 0.383. The molecule has 0 saturated carbocycles. The van der Waals surface area contributed by atoms with E-state index in [1.54, 1.807) is 0 Å². The summed E-state index contributed by atoms with van der Waals surface area (Å²) >= 11 is 0. The molecule has 0 radical (unpaired) electrons. The molecule has 5 heteroatoms. The van der Waals surface area contributed by atoms with Gasteiger partial charge in [-0.25, -0.2) is 0 Å². The Morgan fingerprint density at radius 2 is 2.16 bits per heavy atom. The fraction of sp³-hybridized carbons (Fsp3) is 0.357. The fourth-order valence-corrected chi connectivity index (χ4v) is 1.69. The predicted octanol–water partition coefficient (Wildman–Crippen LogP) is 2.04. The molecule has 0 saturated heterocycles. The highest BCUT2D eigenvalue weighted by Crippen LogP contribution is 2.20. The largest absolute Gasteiger partial charge is 0.485 e. The van der Waals surface area contributed by atoms with Gasteiger partial charge < -0.3 is 19.5 Å². The highest BCUT2D eigenvalue weighted by molar-refractivity contribution is 5.49. The number of hydrogen-bond donors (Lipinski definition) is 1. The van der Waals surface area contributed by atoms with Crippen molar-refractivity contribution in [2.45, 2.75) is 13.2 Å². The van der Waals surface area contributed by atoms with Crippen LogP contribution in [0.25, 0.3) is 0 Å². The normalized spacial score (nSPS) is 10.5. The summed E-state index contributed by atoms with van der Waals surface area (Å²) in [5, 5.41) is 6.96. The third kappa shape index (κ3) is 3.72. The molecule has 1 aromatic carbocycles. The summed E-state index contributed by atoms with van der Waals surface area (Å²) in [6.07, 6.45) is 0. The van der Waals surface area contributed by atoms with E-state index in [4.69, 9.17) is 9.26 Å². The molecule has 0 bridgehead atoms. The lowest BCUT2D eigenvalue weighted by Crippen LogP contribution is -2.08. The summed E-state index contributed by atoms with van der Waals surface area (Å²) in [4.78, 5) is 2.03. The lowest BCUT2D eigenvalue weighted by atomic mass is 10.3. The number of anilines is 1. The number of hydrogen-bond acceptors (Lipinski definition) is 5. The topological polar surface area (TPSA) is 50.5 Å². The van der Waals surface area contributed by atoms with Crippen molar-refractivity contribution in [3.63, 3.8) is 0 Å². The molecule has 0 unspecified atom stereocenters. The molecule has 19 heavy (non-hydrogen) atoms. The molecule has 1 N–H and O–H groups in total. The van der Waals surface area contributed by atoms with Crippen LogP contribution in [0.15, 0.2) is 34.9 Å². The Labute approximate surface area is 113 Å². The Hall–Kier alpha value is -2.01. The Balaban J connectivity index is 1.95. The van der Waals surface area contributed by atoms with Crippen LogP contribution in [0.3, 0.4) is 0 Å². The van der Waals surface area contributed by atoms with Gasteiger partial charge in [-0.3, -0.25) is 0 Å². The molecule has 0 aliphatic rings. The van der Waals surface area contributed by atoms with E-state index in [1.807, 2.05) is 56.4 Å². The first kappa shape index (κ1) is 13.4. The van der Waals surface area contributed by atoms with Gasteiger partial charge in [-0.2, -0.15) is 0 Å². The van der Waals surface area contributed by atoms with Crippen LogP contribution in [-0.2, 0) is 13.2 Å². The van der Waals surface area contributed by atoms with Crippen molar-refractivity contribution in [1.29, 1.82) is 0 Å². The number of ether oxygens (including phenoxy) is 1. The molecular formula is C14H19N3O2. The number of benzene rings is 1. The summed E-state index contributed by atoms with van der Waals surface area (Å²) in [6.45, 7) is 1.08. The van der Waals surface area contributed by atoms with Crippen molar-refractivity contribution in [2.75, 3.05) is 26.0 Å². The second-order valence-corrected chi connectivity index (χ2v) is 4.50. The van der Waals surface area contributed by atoms with Gasteiger partial charge in [0.1, 0.15) is 12.4 Å². The van der Waals surface area contributed by atoms with Crippen molar-refractivity contribution in [3.8, 4) is 5.75 Å². The van der Waals surface area contributed by atoms with Gasteiger partial charge in [0, 0.05) is 38.5 Å². The molecule has 0 atom stereocenters. The van der Waals surface area contributed by atoms with E-state index in [-0.39, 0.29) is 0 Å². The first-order valence-electron chi connectivity index (χ1n) is 6.18. The van der Waals surface area contributed by atoms with Gasteiger partial charge in [0.2, 0.25) is 0 Å². The maximum Gasteiger partial charge on any atom is 0.174 e. The zero-order valence-corrected chi connectivity index (χ0v) is 11.5. The highest BCUT2D eigenvalue weighted by atomic mass is 16.5. The predicted molar refractivity (Wildman–Crippen MR) is 74.4 cm³/mol. The van der Waals surface area contributed by atoms with E-state index in [2.05, 4.69) is 10.5 Å². The quantitative estimate of drug-likeness (QED) is 0.862. The summed E-state index contributed by atoms with van der Waals surface area (Å²) < 4.78 is 10.9. The van der Waals surface area contributed by atoms with E-state index in [1.165, 1.54) is 0 Å². The molecule has 0 aliphatic carbocycles. The van der Waals surface area contributed by atoms with Crippen molar-refractivity contribution in [3.05, 3.63) is 41.8 Å². The maximum atomic E-state index is 5.69. The van der Waals surface area contributed by atoms with Crippen LogP contribution in [-0.4, -0.2) is 26.3 Å². The van der Waals surface area contributed by atoms with Gasteiger partial charge in [-0.1, -0.05) is 11.2 Å². The lowest BCUT2D eigenvalue weighted by Gasteiger charge is -2.13. The van der Waals surface area contributed by atoms with Crippen molar-refractivity contribution >= 4 is 5.69 Å². The SMILES string of the molecule is CNCc1cc(COc2cccc(N(C)C)c2)on1. The third-order valence-corrected chi connectivity index (χ3v) is 2.68. The van der Waals surface area contributed by atoms with Gasteiger partial charge in [0.25, 0.3) is 0 Å². The molecule has 0 aliphatic heterocycles. The molecule has 1 heterocycles. The van der Waals surface area contributed by atoms with Crippen LogP contribution in [0.5, 0.6) is 5.75 Å².